The summed E-state index contributed by atoms with van der Waals surface area (Å²) in [6.07, 6.45) is 2.43. The third-order valence-electron chi connectivity index (χ3n) is 3.71. The number of fused-ring (bicyclic) bond motifs is 1. The number of hydrogen-bond donors (Lipinski definition) is 1. The second-order valence-corrected chi connectivity index (χ2v) is 5.60. The summed E-state index contributed by atoms with van der Waals surface area (Å²) in [5.41, 5.74) is 2.57. The average molecular weight is 302 g/mol. The number of hydrogen-bond acceptors (Lipinski definition) is 3. The van der Waals surface area contributed by atoms with Gasteiger partial charge >= 0.3 is 0 Å². The lowest BCUT2D eigenvalue weighted by molar-refractivity contribution is 0.395. The number of imidazole rings is 1. The van der Waals surface area contributed by atoms with Crippen molar-refractivity contribution in [3.8, 4) is 6.01 Å². The van der Waals surface area contributed by atoms with E-state index < -0.39 is 0 Å². The molecule has 21 heavy (non-hydrogen) atoms. The van der Waals surface area contributed by atoms with E-state index in [0.29, 0.717) is 23.1 Å². The number of halogens is 1. The molecule has 0 radical (unpaired) electrons. The first-order valence-electron chi connectivity index (χ1n) is 6.91. The monoisotopic (exact) mass is 301 g/mol. The molecule has 0 amide bonds. The zero-order chi connectivity index (χ0) is 14.8. The molecule has 2 heterocycles. The van der Waals surface area contributed by atoms with E-state index in [-0.39, 0.29) is 6.01 Å². The Hall–Kier alpha value is -2.07. The predicted octanol–water partition coefficient (Wildman–Crippen LogP) is 3.98. The van der Waals surface area contributed by atoms with Gasteiger partial charge in [-0.2, -0.15) is 4.98 Å². The van der Waals surface area contributed by atoms with Gasteiger partial charge in [0, 0.05) is 12.7 Å². The average Bonchev–Trinajstić information content (AvgIpc) is 2.80. The van der Waals surface area contributed by atoms with E-state index in [9.17, 15) is 5.11 Å². The van der Waals surface area contributed by atoms with Crippen LogP contribution >= 0.6 is 11.6 Å². The van der Waals surface area contributed by atoms with Gasteiger partial charge in [-0.05, 0) is 24.0 Å². The Morgan fingerprint density at radius 3 is 2.81 bits per heavy atom. The molecule has 1 atom stereocenters. The van der Waals surface area contributed by atoms with Crippen LogP contribution in [-0.4, -0.2) is 19.6 Å². The first-order valence-corrected chi connectivity index (χ1v) is 7.28. The van der Waals surface area contributed by atoms with Crippen LogP contribution in [-0.2, 0) is 6.54 Å². The van der Waals surface area contributed by atoms with Crippen molar-refractivity contribution in [2.24, 2.45) is 0 Å². The molecule has 0 bridgehead atoms. The number of pyridine rings is 1. The van der Waals surface area contributed by atoms with Crippen LogP contribution in [0.25, 0.3) is 11.2 Å². The molecule has 0 saturated heterocycles. The molecule has 1 aromatic carbocycles. The van der Waals surface area contributed by atoms with Crippen molar-refractivity contribution in [2.75, 3.05) is 0 Å². The number of benzene rings is 1. The Labute approximate surface area is 128 Å². The zero-order valence-corrected chi connectivity index (χ0v) is 12.5. The third kappa shape index (κ3) is 2.85. The van der Waals surface area contributed by atoms with Crippen molar-refractivity contribution in [1.82, 2.24) is 14.5 Å². The maximum atomic E-state index is 9.98. The highest BCUT2D eigenvalue weighted by molar-refractivity contribution is 6.31. The number of aromatic nitrogens is 3. The minimum atomic E-state index is -0.0139. The fourth-order valence-corrected chi connectivity index (χ4v) is 2.61. The lowest BCUT2D eigenvalue weighted by Crippen LogP contribution is -2.02. The second-order valence-electron chi connectivity index (χ2n) is 5.16. The standard InChI is InChI=1S/C16H16ClN3O/c1-11(12-5-3-2-4-6-12)7-8-20-14-9-13(17)10-18-15(14)19-16(20)21/h2-6,9-11H,7-8H2,1H3,(H,18,19,21). The van der Waals surface area contributed by atoms with Crippen LogP contribution in [0.2, 0.25) is 5.02 Å². The Morgan fingerprint density at radius 1 is 1.29 bits per heavy atom. The van der Waals surface area contributed by atoms with Gasteiger partial charge in [-0.1, -0.05) is 48.9 Å². The molecule has 0 aliphatic carbocycles. The van der Waals surface area contributed by atoms with Crippen molar-refractivity contribution in [3.63, 3.8) is 0 Å². The van der Waals surface area contributed by atoms with E-state index in [1.54, 1.807) is 10.6 Å². The minimum Gasteiger partial charge on any atom is -0.480 e. The summed E-state index contributed by atoms with van der Waals surface area (Å²) >= 11 is 5.97. The summed E-state index contributed by atoms with van der Waals surface area (Å²) in [5, 5.41) is 10.5. The van der Waals surface area contributed by atoms with Gasteiger partial charge in [0.05, 0.1) is 10.5 Å². The van der Waals surface area contributed by atoms with Gasteiger partial charge in [0.1, 0.15) is 0 Å². The van der Waals surface area contributed by atoms with Crippen LogP contribution in [0.15, 0.2) is 42.6 Å². The van der Waals surface area contributed by atoms with Gasteiger partial charge in [0.25, 0.3) is 6.01 Å². The Kier molecular flexibility index (Phi) is 3.80. The van der Waals surface area contributed by atoms with Crippen LogP contribution in [0.5, 0.6) is 6.01 Å². The summed E-state index contributed by atoms with van der Waals surface area (Å²) in [5.74, 6) is 0.398. The van der Waals surface area contributed by atoms with Crippen LogP contribution < -0.4 is 0 Å². The molecule has 0 aliphatic heterocycles. The molecule has 0 saturated carbocycles. The number of aryl methyl sites for hydroxylation is 1. The number of aromatic hydroxyl groups is 1. The third-order valence-corrected chi connectivity index (χ3v) is 3.91. The van der Waals surface area contributed by atoms with Crippen molar-refractivity contribution < 1.29 is 5.11 Å². The summed E-state index contributed by atoms with van der Waals surface area (Å²) < 4.78 is 1.76. The van der Waals surface area contributed by atoms with Crippen LogP contribution in [0, 0.1) is 0 Å². The highest BCUT2D eigenvalue weighted by Crippen LogP contribution is 2.25. The summed E-state index contributed by atoms with van der Waals surface area (Å²) in [7, 11) is 0. The van der Waals surface area contributed by atoms with E-state index >= 15 is 0 Å². The van der Waals surface area contributed by atoms with E-state index in [2.05, 4.69) is 29.0 Å². The Balaban J connectivity index is 1.82. The van der Waals surface area contributed by atoms with Crippen LogP contribution in [0.1, 0.15) is 24.8 Å². The van der Waals surface area contributed by atoms with Gasteiger partial charge in [0.2, 0.25) is 0 Å². The predicted molar refractivity (Wildman–Crippen MR) is 83.7 cm³/mol. The molecule has 5 heteroatoms. The summed E-state index contributed by atoms with van der Waals surface area (Å²) in [4.78, 5) is 8.18. The van der Waals surface area contributed by atoms with E-state index in [0.717, 1.165) is 11.9 Å². The molecule has 4 nitrogen and oxygen atoms in total. The first-order chi connectivity index (χ1) is 10.1. The summed E-state index contributed by atoms with van der Waals surface area (Å²) in [6, 6.07) is 12.1. The molecular formula is C16H16ClN3O. The van der Waals surface area contributed by atoms with Crippen molar-refractivity contribution in [3.05, 3.63) is 53.2 Å². The molecule has 3 rings (SSSR count). The molecule has 1 unspecified atom stereocenters. The lowest BCUT2D eigenvalue weighted by Gasteiger charge is -2.13. The zero-order valence-electron chi connectivity index (χ0n) is 11.7. The molecule has 3 aromatic rings. The normalized spacial score (nSPS) is 12.7. The van der Waals surface area contributed by atoms with Crippen LogP contribution in [0.3, 0.4) is 0 Å². The maximum absolute atomic E-state index is 9.98. The Bertz CT molecular complexity index is 755. The van der Waals surface area contributed by atoms with Crippen molar-refractivity contribution in [1.29, 1.82) is 0 Å². The fourth-order valence-electron chi connectivity index (χ4n) is 2.46. The molecule has 1 N–H and O–H groups in total. The van der Waals surface area contributed by atoms with E-state index in [1.807, 2.05) is 18.2 Å². The molecule has 0 aliphatic rings. The summed E-state index contributed by atoms with van der Waals surface area (Å²) in [6.45, 7) is 2.84. The van der Waals surface area contributed by atoms with Gasteiger partial charge in [-0.3, -0.25) is 4.57 Å². The minimum absolute atomic E-state index is 0.0139. The largest absolute Gasteiger partial charge is 0.480 e. The molecule has 0 spiro atoms. The molecule has 108 valence electrons. The maximum Gasteiger partial charge on any atom is 0.296 e. The number of nitrogens with zero attached hydrogens (tertiary/aromatic N) is 3. The van der Waals surface area contributed by atoms with E-state index in [4.69, 9.17) is 11.6 Å². The topological polar surface area (TPSA) is 50.9 Å². The molecule has 0 fully saturated rings. The van der Waals surface area contributed by atoms with Crippen LogP contribution in [0.4, 0.5) is 0 Å². The van der Waals surface area contributed by atoms with Gasteiger partial charge < -0.3 is 5.11 Å². The molecule has 2 aromatic heterocycles. The van der Waals surface area contributed by atoms with Gasteiger partial charge in [0.15, 0.2) is 5.65 Å². The second kappa shape index (κ2) is 5.74. The SMILES string of the molecule is CC(CCn1c(O)nc2ncc(Cl)cc21)c1ccccc1. The first kappa shape index (κ1) is 13.9. The Morgan fingerprint density at radius 2 is 2.05 bits per heavy atom. The number of rotatable bonds is 4. The fraction of sp³-hybridized carbons (Fsp3) is 0.250. The molecular weight excluding hydrogens is 286 g/mol. The smallest absolute Gasteiger partial charge is 0.296 e. The van der Waals surface area contributed by atoms with E-state index in [1.165, 1.54) is 11.8 Å². The quantitative estimate of drug-likeness (QED) is 0.793. The van der Waals surface area contributed by atoms with Gasteiger partial charge in [-0.25, -0.2) is 4.98 Å². The van der Waals surface area contributed by atoms with Gasteiger partial charge in [-0.15, -0.1) is 0 Å². The highest BCUT2D eigenvalue weighted by Gasteiger charge is 2.13. The lowest BCUT2D eigenvalue weighted by atomic mass is 9.98. The van der Waals surface area contributed by atoms with Crippen molar-refractivity contribution in [2.45, 2.75) is 25.8 Å². The highest BCUT2D eigenvalue weighted by atomic mass is 35.5. The van der Waals surface area contributed by atoms with Crippen molar-refractivity contribution >= 4 is 22.8 Å².